The van der Waals surface area contributed by atoms with Crippen molar-refractivity contribution in [1.82, 2.24) is 9.38 Å². The van der Waals surface area contributed by atoms with Crippen LogP contribution in [0.3, 0.4) is 0 Å². The van der Waals surface area contributed by atoms with Gasteiger partial charge in [-0.05, 0) is 43.2 Å². The lowest BCUT2D eigenvalue weighted by Gasteiger charge is -2.22. The van der Waals surface area contributed by atoms with Gasteiger partial charge in [0.05, 0.1) is 12.2 Å². The molecule has 0 saturated carbocycles. The largest absolute Gasteiger partial charge is 0.368 e. The number of pyridine rings is 1. The van der Waals surface area contributed by atoms with Crippen LogP contribution in [0.4, 0.5) is 5.69 Å². The molecule has 0 saturated heterocycles. The predicted octanol–water partition coefficient (Wildman–Crippen LogP) is 2.95. The molecule has 0 radical (unpaired) electrons. The van der Waals surface area contributed by atoms with E-state index in [-0.39, 0.29) is 5.56 Å². The predicted molar refractivity (Wildman–Crippen MR) is 89.5 cm³/mol. The van der Waals surface area contributed by atoms with Gasteiger partial charge in [0.25, 0.3) is 5.56 Å². The van der Waals surface area contributed by atoms with Crippen LogP contribution >= 0.6 is 0 Å². The van der Waals surface area contributed by atoms with E-state index < -0.39 is 0 Å². The Labute approximate surface area is 129 Å². The van der Waals surface area contributed by atoms with E-state index in [1.165, 1.54) is 11.1 Å². The lowest BCUT2D eigenvalue weighted by atomic mass is 10.1. The van der Waals surface area contributed by atoms with Gasteiger partial charge in [0.15, 0.2) is 0 Å². The van der Waals surface area contributed by atoms with E-state index in [4.69, 9.17) is 0 Å². The fourth-order valence-corrected chi connectivity index (χ4v) is 2.66. The van der Waals surface area contributed by atoms with Gasteiger partial charge in [-0.2, -0.15) is 0 Å². The highest BCUT2D eigenvalue weighted by atomic mass is 16.1. The van der Waals surface area contributed by atoms with Crippen molar-refractivity contribution in [1.29, 1.82) is 0 Å². The Morgan fingerprint density at radius 3 is 2.77 bits per heavy atom. The van der Waals surface area contributed by atoms with Crippen LogP contribution in [0.2, 0.25) is 0 Å². The molecule has 22 heavy (non-hydrogen) atoms. The van der Waals surface area contributed by atoms with Gasteiger partial charge in [0, 0.05) is 25.0 Å². The maximum Gasteiger partial charge on any atom is 0.258 e. The number of nitrogens with zero attached hydrogens (tertiary/aromatic N) is 3. The number of hydrogen-bond acceptors (Lipinski definition) is 3. The monoisotopic (exact) mass is 293 g/mol. The fourth-order valence-electron chi connectivity index (χ4n) is 2.66. The van der Waals surface area contributed by atoms with Gasteiger partial charge in [-0.25, -0.2) is 4.98 Å². The van der Waals surface area contributed by atoms with Crippen molar-refractivity contribution in [3.8, 4) is 0 Å². The molecule has 1 aromatic carbocycles. The van der Waals surface area contributed by atoms with Crippen LogP contribution in [0.5, 0.6) is 0 Å². The molecule has 0 unspecified atom stereocenters. The molecule has 0 atom stereocenters. The summed E-state index contributed by atoms with van der Waals surface area (Å²) in [6.45, 7) is 4.82. The lowest BCUT2D eigenvalue weighted by molar-refractivity contribution is 0.866. The second-order valence-electron chi connectivity index (χ2n) is 5.59. The average molecular weight is 293 g/mol. The zero-order valence-electron chi connectivity index (χ0n) is 13.1. The quantitative estimate of drug-likeness (QED) is 0.745. The molecule has 0 aliphatic heterocycles. The standard InChI is InChI=1S/C18H19N3O/c1-13-7-6-8-16(14(13)2)20(3)12-15-11-18(22)21-10-5-4-9-17(21)19-15/h4-11H,12H2,1-3H3. The molecule has 4 nitrogen and oxygen atoms in total. The third kappa shape index (κ3) is 2.60. The highest BCUT2D eigenvalue weighted by Gasteiger charge is 2.09. The number of rotatable bonds is 3. The summed E-state index contributed by atoms with van der Waals surface area (Å²) in [5.74, 6) is 0. The Hall–Kier alpha value is -2.62. The molecule has 3 rings (SSSR count). The molecule has 0 bridgehead atoms. The summed E-state index contributed by atoms with van der Waals surface area (Å²) < 4.78 is 1.56. The number of benzene rings is 1. The second kappa shape index (κ2) is 5.64. The Kier molecular flexibility index (Phi) is 3.67. The van der Waals surface area contributed by atoms with Gasteiger partial charge in [-0.1, -0.05) is 18.2 Å². The minimum atomic E-state index is -0.0463. The minimum absolute atomic E-state index is 0.0463. The topological polar surface area (TPSA) is 37.6 Å². The first-order chi connectivity index (χ1) is 10.6. The van der Waals surface area contributed by atoms with E-state index >= 15 is 0 Å². The lowest BCUT2D eigenvalue weighted by Crippen LogP contribution is -2.22. The van der Waals surface area contributed by atoms with Crippen LogP contribution in [0.1, 0.15) is 16.8 Å². The van der Waals surface area contributed by atoms with Gasteiger partial charge >= 0.3 is 0 Å². The van der Waals surface area contributed by atoms with Crippen molar-refractivity contribution in [2.75, 3.05) is 11.9 Å². The molecule has 0 fully saturated rings. The number of aryl methyl sites for hydroxylation is 1. The highest BCUT2D eigenvalue weighted by Crippen LogP contribution is 2.22. The molecule has 4 heteroatoms. The molecular formula is C18H19N3O. The summed E-state index contributed by atoms with van der Waals surface area (Å²) in [6, 6.07) is 13.4. The Morgan fingerprint density at radius 1 is 1.14 bits per heavy atom. The number of hydrogen-bond donors (Lipinski definition) is 0. The zero-order chi connectivity index (χ0) is 15.7. The van der Waals surface area contributed by atoms with Gasteiger partial charge in [0.2, 0.25) is 0 Å². The van der Waals surface area contributed by atoms with E-state index in [1.807, 2.05) is 25.2 Å². The van der Waals surface area contributed by atoms with Crippen molar-refractivity contribution < 1.29 is 0 Å². The van der Waals surface area contributed by atoms with Crippen LogP contribution in [0, 0.1) is 13.8 Å². The summed E-state index contributed by atoms with van der Waals surface area (Å²) in [5.41, 5.74) is 5.09. The second-order valence-corrected chi connectivity index (χ2v) is 5.59. The molecule has 0 aliphatic carbocycles. The van der Waals surface area contributed by atoms with Crippen molar-refractivity contribution in [2.45, 2.75) is 20.4 Å². The van der Waals surface area contributed by atoms with E-state index in [2.05, 4.69) is 41.9 Å². The Morgan fingerprint density at radius 2 is 1.95 bits per heavy atom. The highest BCUT2D eigenvalue weighted by molar-refractivity contribution is 5.55. The van der Waals surface area contributed by atoms with Crippen LogP contribution < -0.4 is 10.5 Å². The summed E-state index contributed by atoms with van der Waals surface area (Å²) >= 11 is 0. The van der Waals surface area contributed by atoms with Gasteiger partial charge in [-0.15, -0.1) is 0 Å². The van der Waals surface area contributed by atoms with Crippen molar-refractivity contribution in [3.63, 3.8) is 0 Å². The van der Waals surface area contributed by atoms with Crippen LogP contribution in [-0.2, 0) is 6.54 Å². The normalized spacial score (nSPS) is 10.9. The fraction of sp³-hybridized carbons (Fsp3) is 0.222. The van der Waals surface area contributed by atoms with E-state index in [0.717, 1.165) is 11.4 Å². The first kappa shape index (κ1) is 14.3. The number of aromatic nitrogens is 2. The Bertz CT molecular complexity index is 883. The first-order valence-corrected chi connectivity index (χ1v) is 7.31. The van der Waals surface area contributed by atoms with Crippen molar-refractivity contribution >= 4 is 11.3 Å². The summed E-state index contributed by atoms with van der Waals surface area (Å²) in [4.78, 5) is 18.8. The molecule has 0 amide bonds. The number of anilines is 1. The molecular weight excluding hydrogens is 274 g/mol. The average Bonchev–Trinajstić information content (AvgIpc) is 2.50. The van der Waals surface area contributed by atoms with E-state index in [9.17, 15) is 4.79 Å². The molecule has 2 heterocycles. The third-order valence-electron chi connectivity index (χ3n) is 4.01. The van der Waals surface area contributed by atoms with Gasteiger partial charge < -0.3 is 4.90 Å². The molecule has 0 aliphatic rings. The van der Waals surface area contributed by atoms with Gasteiger partial charge in [0.1, 0.15) is 5.65 Å². The molecule has 112 valence electrons. The molecule has 3 aromatic rings. The maximum absolute atomic E-state index is 12.1. The summed E-state index contributed by atoms with van der Waals surface area (Å²) in [5, 5.41) is 0. The van der Waals surface area contributed by atoms with E-state index in [1.54, 1.807) is 16.7 Å². The molecule has 2 aromatic heterocycles. The zero-order valence-corrected chi connectivity index (χ0v) is 13.1. The van der Waals surface area contributed by atoms with Crippen LogP contribution in [0.25, 0.3) is 5.65 Å². The minimum Gasteiger partial charge on any atom is -0.368 e. The summed E-state index contributed by atoms with van der Waals surface area (Å²) in [6.07, 6.45) is 1.74. The SMILES string of the molecule is Cc1cccc(N(C)Cc2cc(=O)n3ccccc3n2)c1C. The van der Waals surface area contributed by atoms with Crippen molar-refractivity contribution in [2.24, 2.45) is 0 Å². The smallest absolute Gasteiger partial charge is 0.258 e. The first-order valence-electron chi connectivity index (χ1n) is 7.31. The Balaban J connectivity index is 1.96. The van der Waals surface area contributed by atoms with Crippen molar-refractivity contribution in [3.05, 3.63) is 75.8 Å². The summed E-state index contributed by atoms with van der Waals surface area (Å²) in [7, 11) is 2.02. The van der Waals surface area contributed by atoms with Crippen LogP contribution in [-0.4, -0.2) is 16.4 Å². The molecule has 0 N–H and O–H groups in total. The molecule has 0 spiro atoms. The van der Waals surface area contributed by atoms with Crippen LogP contribution in [0.15, 0.2) is 53.5 Å². The van der Waals surface area contributed by atoms with E-state index in [0.29, 0.717) is 12.2 Å². The van der Waals surface area contributed by atoms with Gasteiger partial charge in [-0.3, -0.25) is 9.20 Å². The third-order valence-corrected chi connectivity index (χ3v) is 4.01. The number of fused-ring (bicyclic) bond motifs is 1. The maximum atomic E-state index is 12.1.